The van der Waals surface area contributed by atoms with Crippen LogP contribution in [0.5, 0.6) is 5.75 Å². The Kier molecular flexibility index (Phi) is 6.25. The van der Waals surface area contributed by atoms with Crippen LogP contribution in [0.3, 0.4) is 0 Å². The summed E-state index contributed by atoms with van der Waals surface area (Å²) in [6.45, 7) is 1.37. The lowest BCUT2D eigenvalue weighted by atomic mass is 9.84. The van der Waals surface area contributed by atoms with Crippen molar-refractivity contribution in [2.45, 2.75) is 44.9 Å². The van der Waals surface area contributed by atoms with E-state index in [2.05, 4.69) is 0 Å². The predicted molar refractivity (Wildman–Crippen MR) is 110 cm³/mol. The molecular formula is C22H24ClNO4. The maximum Gasteiger partial charge on any atom is 0.336 e. The van der Waals surface area contributed by atoms with E-state index in [0.717, 1.165) is 18.4 Å². The first-order valence-electron chi connectivity index (χ1n) is 9.47. The number of Topliss-reactive ketones (excluding diaryl/α,β-unsaturated/α-hetero) is 1. The number of halogens is 1. The van der Waals surface area contributed by atoms with Crippen LogP contribution in [-0.4, -0.2) is 23.5 Å². The number of benzene rings is 2. The Hall–Kier alpha value is -2.53. The van der Waals surface area contributed by atoms with Gasteiger partial charge in [-0.15, -0.1) is 0 Å². The average Bonchev–Trinajstić information content (AvgIpc) is 2.70. The molecule has 3 N–H and O–H groups in total. The molecular weight excluding hydrogens is 378 g/mol. The summed E-state index contributed by atoms with van der Waals surface area (Å²) >= 11 is 6.03. The van der Waals surface area contributed by atoms with Crippen LogP contribution in [0.4, 0.5) is 5.69 Å². The van der Waals surface area contributed by atoms with E-state index in [1.807, 2.05) is 24.3 Å². The van der Waals surface area contributed by atoms with Gasteiger partial charge in [-0.3, -0.25) is 4.79 Å². The number of carbonyl (C=O) groups is 2. The Balaban J connectivity index is 1.84. The van der Waals surface area contributed by atoms with E-state index >= 15 is 0 Å². The van der Waals surface area contributed by atoms with Crippen molar-refractivity contribution < 1.29 is 19.4 Å². The monoisotopic (exact) mass is 401 g/mol. The Bertz CT molecular complexity index is 904. The van der Waals surface area contributed by atoms with Gasteiger partial charge in [-0.1, -0.05) is 49.1 Å². The number of aromatic carboxylic acids is 1. The molecule has 28 heavy (non-hydrogen) atoms. The Morgan fingerprint density at radius 1 is 1.21 bits per heavy atom. The Morgan fingerprint density at radius 2 is 1.89 bits per heavy atom. The van der Waals surface area contributed by atoms with Crippen molar-refractivity contribution in [3.63, 3.8) is 0 Å². The second-order valence-corrected chi connectivity index (χ2v) is 7.62. The van der Waals surface area contributed by atoms with Crippen molar-refractivity contribution in [2.24, 2.45) is 0 Å². The van der Waals surface area contributed by atoms with Crippen molar-refractivity contribution >= 4 is 29.0 Å². The fourth-order valence-corrected chi connectivity index (χ4v) is 4.03. The number of carboxylic acid groups (broad SMARTS) is 1. The number of hydrogen-bond acceptors (Lipinski definition) is 4. The number of ether oxygens (including phenoxy) is 1. The zero-order valence-electron chi connectivity index (χ0n) is 15.8. The minimum atomic E-state index is -1.25. The first-order chi connectivity index (χ1) is 13.4. The standard InChI is InChI=1S/C22H24ClNO4/c1-13-17(23)11-16(22(26)27)20(21(13)24)18(25)12-28-19-10-6-5-9-15(19)14-7-3-2-4-8-14/h5-6,9-11,14H,2-4,7-8,12,24H2,1H3,(H,26,27). The molecule has 5 nitrogen and oxygen atoms in total. The number of ketones is 1. The molecule has 0 spiro atoms. The molecule has 0 unspecified atom stereocenters. The minimum Gasteiger partial charge on any atom is -0.485 e. The van der Waals surface area contributed by atoms with Crippen LogP contribution in [0.25, 0.3) is 0 Å². The zero-order chi connectivity index (χ0) is 20.3. The Morgan fingerprint density at radius 3 is 2.57 bits per heavy atom. The molecule has 2 aromatic rings. The number of para-hydroxylation sites is 1. The minimum absolute atomic E-state index is 0.0513. The van der Waals surface area contributed by atoms with Crippen molar-refractivity contribution in [1.29, 1.82) is 0 Å². The molecule has 0 atom stereocenters. The normalized spacial score (nSPS) is 14.6. The summed E-state index contributed by atoms with van der Waals surface area (Å²) in [4.78, 5) is 24.4. The van der Waals surface area contributed by atoms with Gasteiger partial charge >= 0.3 is 5.97 Å². The first kappa shape index (κ1) is 20.2. The highest BCUT2D eigenvalue weighted by Crippen LogP contribution is 2.37. The summed E-state index contributed by atoms with van der Waals surface area (Å²) in [5, 5.41) is 9.66. The second-order valence-electron chi connectivity index (χ2n) is 7.21. The summed E-state index contributed by atoms with van der Waals surface area (Å²) in [5.74, 6) is -0.631. The lowest BCUT2D eigenvalue weighted by molar-refractivity contribution is 0.0690. The van der Waals surface area contributed by atoms with E-state index in [1.54, 1.807) is 6.92 Å². The molecule has 6 heteroatoms. The van der Waals surface area contributed by atoms with Gasteiger partial charge in [0.15, 0.2) is 6.61 Å². The van der Waals surface area contributed by atoms with Gasteiger partial charge in [0.1, 0.15) is 5.75 Å². The number of nitrogens with two attached hydrogens (primary N) is 1. The zero-order valence-corrected chi connectivity index (χ0v) is 16.6. The molecule has 0 aromatic heterocycles. The maximum atomic E-state index is 12.8. The molecule has 1 saturated carbocycles. The van der Waals surface area contributed by atoms with Gasteiger partial charge in [0.25, 0.3) is 0 Å². The molecule has 3 rings (SSSR count). The van der Waals surface area contributed by atoms with Crippen LogP contribution >= 0.6 is 11.6 Å². The van der Waals surface area contributed by atoms with E-state index in [-0.39, 0.29) is 28.4 Å². The molecule has 1 aliphatic carbocycles. The smallest absolute Gasteiger partial charge is 0.336 e. The van der Waals surface area contributed by atoms with Crippen molar-refractivity contribution in [3.05, 3.63) is 57.6 Å². The van der Waals surface area contributed by atoms with Crippen LogP contribution in [0.2, 0.25) is 5.02 Å². The van der Waals surface area contributed by atoms with E-state index < -0.39 is 11.8 Å². The lowest BCUT2D eigenvalue weighted by Gasteiger charge is -2.24. The van der Waals surface area contributed by atoms with Crippen molar-refractivity contribution in [1.82, 2.24) is 0 Å². The summed E-state index contributed by atoms with van der Waals surface area (Å²) in [5.41, 5.74) is 7.43. The molecule has 148 valence electrons. The summed E-state index contributed by atoms with van der Waals surface area (Å²) in [6.07, 6.45) is 5.87. The quantitative estimate of drug-likeness (QED) is 0.510. The SMILES string of the molecule is Cc1c(Cl)cc(C(=O)O)c(C(=O)COc2ccccc2C2CCCCC2)c1N. The van der Waals surface area contributed by atoms with Crippen molar-refractivity contribution in [3.8, 4) is 5.75 Å². The molecule has 0 radical (unpaired) electrons. The molecule has 2 aromatic carbocycles. The van der Waals surface area contributed by atoms with Gasteiger partial charge < -0.3 is 15.6 Å². The number of anilines is 1. The van der Waals surface area contributed by atoms with E-state index in [4.69, 9.17) is 22.1 Å². The number of carbonyl (C=O) groups excluding carboxylic acids is 1. The fraction of sp³-hybridized carbons (Fsp3) is 0.364. The number of carboxylic acids is 1. The molecule has 0 amide bonds. The molecule has 0 saturated heterocycles. The summed E-state index contributed by atoms with van der Waals surface area (Å²) in [6, 6.07) is 9.00. The van der Waals surface area contributed by atoms with Crippen LogP contribution in [0.1, 0.15) is 69.9 Å². The van der Waals surface area contributed by atoms with Crippen LogP contribution in [-0.2, 0) is 0 Å². The van der Waals surface area contributed by atoms with Gasteiger partial charge in [0, 0.05) is 10.7 Å². The number of nitrogen functional groups attached to an aromatic ring is 1. The van der Waals surface area contributed by atoms with Crippen LogP contribution < -0.4 is 10.5 Å². The number of rotatable bonds is 6. The third kappa shape index (κ3) is 4.14. The largest absolute Gasteiger partial charge is 0.485 e. The first-order valence-corrected chi connectivity index (χ1v) is 9.84. The summed E-state index contributed by atoms with van der Waals surface area (Å²) in [7, 11) is 0. The van der Waals surface area contributed by atoms with Crippen molar-refractivity contribution in [2.75, 3.05) is 12.3 Å². The molecule has 1 fully saturated rings. The van der Waals surface area contributed by atoms with E-state index in [9.17, 15) is 14.7 Å². The van der Waals surface area contributed by atoms with Gasteiger partial charge in [-0.2, -0.15) is 0 Å². The molecule has 0 heterocycles. The lowest BCUT2D eigenvalue weighted by Crippen LogP contribution is -2.19. The van der Waals surface area contributed by atoms with Crippen LogP contribution in [0.15, 0.2) is 30.3 Å². The molecule has 0 bridgehead atoms. The van der Waals surface area contributed by atoms with Gasteiger partial charge in [-0.25, -0.2) is 4.79 Å². The van der Waals surface area contributed by atoms with E-state index in [0.29, 0.717) is 17.2 Å². The maximum absolute atomic E-state index is 12.8. The average molecular weight is 402 g/mol. The summed E-state index contributed by atoms with van der Waals surface area (Å²) < 4.78 is 5.84. The highest BCUT2D eigenvalue weighted by Gasteiger charge is 2.24. The van der Waals surface area contributed by atoms with Crippen LogP contribution in [0, 0.1) is 6.92 Å². The van der Waals surface area contributed by atoms with E-state index in [1.165, 1.54) is 25.3 Å². The topological polar surface area (TPSA) is 89.6 Å². The number of hydrogen-bond donors (Lipinski definition) is 2. The van der Waals surface area contributed by atoms with Gasteiger partial charge in [-0.05, 0) is 48.9 Å². The van der Waals surface area contributed by atoms with Gasteiger partial charge in [0.05, 0.1) is 11.1 Å². The highest BCUT2D eigenvalue weighted by molar-refractivity contribution is 6.32. The second kappa shape index (κ2) is 8.65. The molecule has 1 aliphatic rings. The predicted octanol–water partition coefficient (Wildman–Crippen LogP) is 5.24. The van der Waals surface area contributed by atoms with Gasteiger partial charge in [0.2, 0.25) is 5.78 Å². The third-order valence-corrected chi connectivity index (χ3v) is 5.80. The molecule has 0 aliphatic heterocycles. The third-order valence-electron chi connectivity index (χ3n) is 5.40. The fourth-order valence-electron chi connectivity index (χ4n) is 3.82. The highest BCUT2D eigenvalue weighted by atomic mass is 35.5. The Labute approximate surface area is 169 Å².